The monoisotopic (exact) mass is 1060 g/mol. The van der Waals surface area contributed by atoms with E-state index in [4.69, 9.17) is 30.8 Å². The largest absolute Gasteiger partial charge is 0.491 e. The number of hydrogen-bond acceptors (Lipinski definition) is 14. The second kappa shape index (κ2) is 24.0. The zero-order valence-electron chi connectivity index (χ0n) is 42.8. The number of β-amino-alcohol motifs (C(OH)–C–C–N with tert-alkyl or cyclic N) is 1. The van der Waals surface area contributed by atoms with Crippen molar-refractivity contribution in [3.05, 3.63) is 128 Å². The number of hydrogen-bond donors (Lipinski definition) is 3. The number of fused-ring (bicyclic) bond motifs is 3. The maximum atomic E-state index is 14.0. The van der Waals surface area contributed by atoms with E-state index in [1.165, 1.54) is 4.90 Å². The molecule has 0 spiro atoms. The number of likely N-dealkylation sites (tertiary alicyclic amines) is 1. The molecule has 74 heavy (non-hydrogen) atoms. The number of aliphatic imine (C=N–C) groups is 1. The lowest BCUT2D eigenvalue weighted by molar-refractivity contribution is -0.144. The molecule has 1 fully saturated rings. The Hall–Kier alpha value is -6.15. The van der Waals surface area contributed by atoms with Gasteiger partial charge >= 0.3 is 0 Å². The summed E-state index contributed by atoms with van der Waals surface area (Å²) in [5, 5.41) is 27.0. The third-order valence-corrected chi connectivity index (χ3v) is 15.6. The van der Waals surface area contributed by atoms with E-state index >= 15 is 0 Å². The molecule has 3 aromatic heterocycles. The molecule has 2 aliphatic heterocycles. The molecular weight excluding hydrogens is 1000 g/mol. The molecule has 5 heterocycles. The highest BCUT2D eigenvalue weighted by molar-refractivity contribution is 7.15. The SMILES string of the molecule is Cc1ncsc1-c1ccc(CCC(=O)[C@@H]2C[C@@H](O)CN2C(=O)[C@@H](NC(=O)COCCCOCCOc2cccc(NC(=O)C[C@@H]3N=C(c4ccc(Cl)cc4)c4c(sc(C)c4C)-n4c(C)nnc43)c2)C(C)(C)C)cc1. The number of thiazole rings is 1. The molecule has 0 aliphatic carbocycles. The molecule has 3 amide bonds. The Morgan fingerprint density at radius 2 is 1.65 bits per heavy atom. The number of carbonyl (C=O) groups excluding carboxylic acids is 4. The van der Waals surface area contributed by atoms with Gasteiger partial charge in [0, 0.05) is 65.4 Å². The number of aryl methyl sites for hydroxylation is 4. The number of ether oxygens (including phenoxy) is 3. The number of amides is 3. The van der Waals surface area contributed by atoms with Gasteiger partial charge in [-0.05, 0) is 86.9 Å². The van der Waals surface area contributed by atoms with E-state index in [9.17, 15) is 24.3 Å². The summed E-state index contributed by atoms with van der Waals surface area (Å²) in [7, 11) is 0. The van der Waals surface area contributed by atoms with Crippen LogP contribution >= 0.6 is 34.3 Å². The van der Waals surface area contributed by atoms with Crippen LogP contribution in [0.3, 0.4) is 0 Å². The molecule has 19 heteroatoms. The first kappa shape index (κ1) is 54.1. The third-order valence-electron chi connectivity index (χ3n) is 13.1. The highest BCUT2D eigenvalue weighted by Gasteiger charge is 2.44. The summed E-state index contributed by atoms with van der Waals surface area (Å²) in [5.41, 5.74) is 8.50. The van der Waals surface area contributed by atoms with Crippen molar-refractivity contribution < 1.29 is 38.5 Å². The number of thiophene rings is 1. The van der Waals surface area contributed by atoms with E-state index in [1.807, 2.05) is 93.2 Å². The second-order valence-electron chi connectivity index (χ2n) is 19.7. The molecule has 0 bridgehead atoms. The summed E-state index contributed by atoms with van der Waals surface area (Å²) in [6, 6.07) is 20.4. The van der Waals surface area contributed by atoms with Gasteiger partial charge in [0.15, 0.2) is 11.6 Å². The number of nitrogens with one attached hydrogen (secondary N) is 2. The molecule has 4 atom stereocenters. The Kier molecular flexibility index (Phi) is 17.6. The first-order valence-electron chi connectivity index (χ1n) is 24.8. The van der Waals surface area contributed by atoms with Crippen LogP contribution in [-0.4, -0.2) is 117 Å². The van der Waals surface area contributed by atoms with Crippen LogP contribution in [0.15, 0.2) is 83.3 Å². The van der Waals surface area contributed by atoms with E-state index in [1.54, 1.807) is 46.9 Å². The molecule has 1 saturated heterocycles. The van der Waals surface area contributed by atoms with E-state index in [2.05, 4.69) is 39.7 Å². The van der Waals surface area contributed by atoms with Crippen molar-refractivity contribution in [2.75, 3.05) is 44.9 Å². The van der Waals surface area contributed by atoms with E-state index in [0.717, 1.165) is 54.0 Å². The summed E-state index contributed by atoms with van der Waals surface area (Å²) < 4.78 is 19.4. The summed E-state index contributed by atoms with van der Waals surface area (Å²) in [5.74, 6) is 0.605. The van der Waals surface area contributed by atoms with Gasteiger partial charge in [0.25, 0.3) is 0 Å². The minimum absolute atomic E-state index is 0.0152. The number of nitrogens with zero attached hydrogens (tertiary/aromatic N) is 6. The van der Waals surface area contributed by atoms with Crippen LogP contribution in [0.4, 0.5) is 5.69 Å². The number of aromatic nitrogens is 4. The highest BCUT2D eigenvalue weighted by atomic mass is 35.5. The fraction of sp³-hybridized carbons (Fsp3) is 0.418. The quantitative estimate of drug-likeness (QED) is 0.0583. The van der Waals surface area contributed by atoms with Gasteiger partial charge in [0.2, 0.25) is 17.7 Å². The molecule has 8 rings (SSSR count). The standard InChI is InChI=1S/C55H63ClN8O8S2/c1-32-34(3)74-54-48(32)49(37-17-19-39(56)20-18-37)59-43(52-62-61-35(4)64(52)54)28-46(67)58-40-10-8-11-42(26-40)72-25-24-70-22-9-23-71-30-47(68)60-51(55(5,6)7)53(69)63-29-41(65)27-44(63)45(66)21-14-36-12-15-38(16-13-36)50-33(2)57-31-73-50/h8,10-13,15-20,26,31,41,43-44,51,65H,9,14,21-25,27-30H2,1-7H3,(H,58,67)(H,60,68)/t41-,43+,44+,51-/m1/s1. The fourth-order valence-corrected chi connectivity index (χ4v) is 11.3. The second-order valence-corrected chi connectivity index (χ2v) is 22.2. The Labute approximate surface area is 444 Å². The van der Waals surface area contributed by atoms with Crippen LogP contribution in [0.5, 0.6) is 5.75 Å². The number of aliphatic hydroxyl groups is 1. The lowest BCUT2D eigenvalue weighted by Crippen LogP contribution is -2.57. The number of halogens is 1. The first-order valence-corrected chi connectivity index (χ1v) is 26.9. The molecule has 6 aromatic rings. The van der Waals surface area contributed by atoms with Crippen molar-refractivity contribution in [2.45, 2.75) is 105 Å². The topological polar surface area (TPSA) is 199 Å². The van der Waals surface area contributed by atoms with Gasteiger partial charge in [0.05, 0.1) is 47.0 Å². The van der Waals surface area contributed by atoms with Crippen molar-refractivity contribution in [3.8, 4) is 21.2 Å². The Balaban J connectivity index is 0.752. The number of Topliss-reactive ketones (excluding diaryl/α,β-unsaturated/α-hetero) is 1. The minimum Gasteiger partial charge on any atom is -0.491 e. The van der Waals surface area contributed by atoms with Crippen molar-refractivity contribution in [2.24, 2.45) is 10.4 Å². The van der Waals surface area contributed by atoms with Crippen LogP contribution in [0, 0.1) is 33.1 Å². The lowest BCUT2D eigenvalue weighted by Gasteiger charge is -2.35. The maximum absolute atomic E-state index is 14.0. The van der Waals surface area contributed by atoms with Crippen LogP contribution < -0.4 is 15.4 Å². The van der Waals surface area contributed by atoms with E-state index < -0.39 is 41.5 Å². The van der Waals surface area contributed by atoms with Gasteiger partial charge in [-0.2, -0.15) is 0 Å². The molecule has 3 N–H and O–H groups in total. The third kappa shape index (κ3) is 13.0. The molecule has 0 saturated carbocycles. The van der Waals surface area contributed by atoms with Gasteiger partial charge in [0.1, 0.15) is 41.9 Å². The van der Waals surface area contributed by atoms with Gasteiger partial charge in [-0.25, -0.2) is 4.98 Å². The molecule has 390 valence electrons. The fourth-order valence-electron chi connectivity index (χ4n) is 9.15. The molecule has 0 radical (unpaired) electrons. The van der Waals surface area contributed by atoms with Crippen LogP contribution in [0.1, 0.15) is 97.0 Å². The van der Waals surface area contributed by atoms with Crippen molar-refractivity contribution in [1.82, 2.24) is 30.0 Å². The average molecular weight is 1060 g/mol. The summed E-state index contributed by atoms with van der Waals surface area (Å²) >= 11 is 9.50. The summed E-state index contributed by atoms with van der Waals surface area (Å²) in [6.07, 6.45) is 0.554. The summed E-state index contributed by atoms with van der Waals surface area (Å²) in [6.45, 7) is 14.5. The number of rotatable bonds is 21. The number of benzene rings is 3. The maximum Gasteiger partial charge on any atom is 0.246 e. The lowest BCUT2D eigenvalue weighted by atomic mass is 9.85. The Morgan fingerprint density at radius 1 is 0.905 bits per heavy atom. The molecule has 16 nitrogen and oxygen atoms in total. The zero-order chi connectivity index (χ0) is 52.7. The number of anilines is 1. The first-order chi connectivity index (χ1) is 35.4. The van der Waals surface area contributed by atoms with Crippen molar-refractivity contribution in [1.29, 1.82) is 0 Å². The number of aliphatic hydroxyl groups excluding tert-OH is 1. The summed E-state index contributed by atoms with van der Waals surface area (Å²) in [4.78, 5) is 67.7. The normalized spacial score (nSPS) is 16.7. The predicted octanol–water partition coefficient (Wildman–Crippen LogP) is 8.76. The average Bonchev–Trinajstić information content (AvgIpc) is 4.14. The molecular formula is C55H63ClN8O8S2. The van der Waals surface area contributed by atoms with Crippen LogP contribution in [0.2, 0.25) is 5.02 Å². The van der Waals surface area contributed by atoms with Crippen LogP contribution in [0.25, 0.3) is 15.4 Å². The predicted molar refractivity (Wildman–Crippen MR) is 288 cm³/mol. The smallest absolute Gasteiger partial charge is 0.246 e. The molecule has 3 aromatic carbocycles. The van der Waals surface area contributed by atoms with Gasteiger partial charge in [-0.15, -0.1) is 32.9 Å². The van der Waals surface area contributed by atoms with E-state index in [-0.39, 0.29) is 57.3 Å². The Bertz CT molecular complexity index is 3000. The van der Waals surface area contributed by atoms with Gasteiger partial charge in [-0.1, -0.05) is 74.8 Å². The molecule has 0 unspecified atom stereocenters. The van der Waals surface area contributed by atoms with Gasteiger partial charge in [-0.3, -0.25) is 28.7 Å². The molecule has 2 aliphatic rings. The highest BCUT2D eigenvalue weighted by Crippen LogP contribution is 2.40. The Morgan fingerprint density at radius 3 is 2.38 bits per heavy atom. The number of ketones is 1. The zero-order valence-corrected chi connectivity index (χ0v) is 45.2. The minimum atomic E-state index is -0.948. The van der Waals surface area contributed by atoms with E-state index in [0.29, 0.717) is 54.2 Å². The van der Waals surface area contributed by atoms with Crippen molar-refractivity contribution >= 4 is 69.2 Å². The van der Waals surface area contributed by atoms with Crippen molar-refractivity contribution in [3.63, 3.8) is 0 Å². The van der Waals surface area contributed by atoms with Crippen LogP contribution in [-0.2, 0) is 35.1 Å². The number of carbonyl (C=O) groups is 4. The van der Waals surface area contributed by atoms with Gasteiger partial charge < -0.3 is 34.9 Å².